The highest BCUT2D eigenvalue weighted by Crippen LogP contribution is 2.24. The van der Waals surface area contributed by atoms with E-state index in [-0.39, 0.29) is 23.3 Å². The molecule has 0 radical (unpaired) electrons. The maximum absolute atomic E-state index is 10.4. The Morgan fingerprint density at radius 2 is 2.21 bits per heavy atom. The van der Waals surface area contributed by atoms with Crippen molar-refractivity contribution < 1.29 is 15.0 Å². The lowest BCUT2D eigenvalue weighted by molar-refractivity contribution is -0.136. The SMILES string of the molecule is Cc1cc(C#N)c(O)c(CC(=O)O)c1. The smallest absolute Gasteiger partial charge is 0.307 e. The molecule has 0 atom stereocenters. The topological polar surface area (TPSA) is 81.3 Å². The molecule has 14 heavy (non-hydrogen) atoms. The van der Waals surface area contributed by atoms with Crippen LogP contribution in [-0.4, -0.2) is 16.2 Å². The Labute approximate surface area is 81.0 Å². The van der Waals surface area contributed by atoms with Crippen molar-refractivity contribution >= 4 is 5.97 Å². The number of carbonyl (C=O) groups is 1. The van der Waals surface area contributed by atoms with Crippen LogP contribution in [0.5, 0.6) is 5.75 Å². The minimum atomic E-state index is -1.03. The summed E-state index contributed by atoms with van der Waals surface area (Å²) in [4.78, 5) is 10.4. The molecule has 0 amide bonds. The first-order valence-electron chi connectivity index (χ1n) is 3.99. The lowest BCUT2D eigenvalue weighted by Crippen LogP contribution is -2.01. The molecule has 0 saturated heterocycles. The fraction of sp³-hybridized carbons (Fsp3) is 0.200. The zero-order chi connectivity index (χ0) is 10.7. The van der Waals surface area contributed by atoms with Crippen LogP contribution in [0.4, 0.5) is 0 Å². The van der Waals surface area contributed by atoms with Gasteiger partial charge in [0, 0.05) is 5.56 Å². The van der Waals surface area contributed by atoms with E-state index in [2.05, 4.69) is 0 Å². The number of nitrogens with zero attached hydrogens (tertiary/aromatic N) is 1. The van der Waals surface area contributed by atoms with Crippen LogP contribution >= 0.6 is 0 Å². The Kier molecular flexibility index (Phi) is 2.73. The Morgan fingerprint density at radius 1 is 1.57 bits per heavy atom. The van der Waals surface area contributed by atoms with Crippen molar-refractivity contribution in [1.82, 2.24) is 0 Å². The van der Waals surface area contributed by atoms with Gasteiger partial charge in [0.05, 0.1) is 12.0 Å². The predicted octanol–water partition coefficient (Wildman–Crippen LogP) is 1.20. The summed E-state index contributed by atoms with van der Waals surface area (Å²) in [6.07, 6.45) is -0.276. The number of carboxylic acids is 1. The molecule has 4 heteroatoms. The van der Waals surface area contributed by atoms with E-state index in [0.29, 0.717) is 0 Å². The first kappa shape index (κ1) is 10.1. The van der Waals surface area contributed by atoms with Crippen LogP contribution in [0.15, 0.2) is 12.1 Å². The molecule has 0 aliphatic carbocycles. The van der Waals surface area contributed by atoms with Gasteiger partial charge in [-0.1, -0.05) is 6.07 Å². The van der Waals surface area contributed by atoms with Crippen molar-refractivity contribution in [1.29, 1.82) is 5.26 Å². The molecule has 0 heterocycles. The third-order valence-electron chi connectivity index (χ3n) is 1.80. The Hall–Kier alpha value is -2.02. The zero-order valence-corrected chi connectivity index (χ0v) is 7.61. The maximum Gasteiger partial charge on any atom is 0.307 e. The zero-order valence-electron chi connectivity index (χ0n) is 7.61. The third kappa shape index (κ3) is 2.02. The highest BCUT2D eigenvalue weighted by atomic mass is 16.4. The van der Waals surface area contributed by atoms with Gasteiger partial charge in [-0.15, -0.1) is 0 Å². The van der Waals surface area contributed by atoms with Gasteiger partial charge >= 0.3 is 5.97 Å². The van der Waals surface area contributed by atoms with Crippen molar-refractivity contribution in [2.45, 2.75) is 13.3 Å². The fourth-order valence-electron chi connectivity index (χ4n) is 1.24. The van der Waals surface area contributed by atoms with Gasteiger partial charge in [-0.3, -0.25) is 4.79 Å². The van der Waals surface area contributed by atoms with Gasteiger partial charge in [0.15, 0.2) is 0 Å². The molecule has 0 aliphatic rings. The first-order chi connectivity index (χ1) is 6.54. The second-order valence-electron chi connectivity index (χ2n) is 3.00. The molecular formula is C10H9NO3. The molecule has 0 saturated carbocycles. The number of phenolic OH excluding ortho intramolecular Hbond substituents is 1. The highest BCUT2D eigenvalue weighted by molar-refractivity contribution is 5.72. The number of benzene rings is 1. The summed E-state index contributed by atoms with van der Waals surface area (Å²) in [6, 6.07) is 4.88. The molecule has 0 unspecified atom stereocenters. The molecule has 4 nitrogen and oxygen atoms in total. The molecule has 0 aromatic heterocycles. The minimum Gasteiger partial charge on any atom is -0.506 e. The molecule has 0 aliphatic heterocycles. The van der Waals surface area contributed by atoms with E-state index in [1.54, 1.807) is 19.1 Å². The minimum absolute atomic E-state index is 0.112. The average Bonchev–Trinajstić information content (AvgIpc) is 2.09. The maximum atomic E-state index is 10.4. The third-order valence-corrected chi connectivity index (χ3v) is 1.80. The Morgan fingerprint density at radius 3 is 2.71 bits per heavy atom. The van der Waals surface area contributed by atoms with E-state index >= 15 is 0 Å². The van der Waals surface area contributed by atoms with Crippen molar-refractivity contribution in [3.63, 3.8) is 0 Å². The fourth-order valence-corrected chi connectivity index (χ4v) is 1.24. The molecular weight excluding hydrogens is 182 g/mol. The van der Waals surface area contributed by atoms with Gasteiger partial charge in [0.25, 0.3) is 0 Å². The van der Waals surface area contributed by atoms with Crippen LogP contribution < -0.4 is 0 Å². The number of aryl methyl sites for hydroxylation is 1. The number of phenols is 1. The molecule has 1 rings (SSSR count). The van der Waals surface area contributed by atoms with Gasteiger partial charge in [-0.2, -0.15) is 5.26 Å². The number of hydrogen-bond donors (Lipinski definition) is 2. The second-order valence-corrected chi connectivity index (χ2v) is 3.00. The van der Waals surface area contributed by atoms with E-state index in [0.717, 1.165) is 5.56 Å². The number of rotatable bonds is 2. The van der Waals surface area contributed by atoms with Gasteiger partial charge in [-0.05, 0) is 18.6 Å². The molecule has 0 bridgehead atoms. The van der Waals surface area contributed by atoms with Gasteiger partial charge < -0.3 is 10.2 Å². The van der Waals surface area contributed by atoms with Crippen LogP contribution in [0, 0.1) is 18.3 Å². The summed E-state index contributed by atoms with van der Waals surface area (Å²) in [7, 11) is 0. The summed E-state index contributed by atoms with van der Waals surface area (Å²) in [6.45, 7) is 1.74. The molecule has 0 spiro atoms. The number of carboxylic acid groups (broad SMARTS) is 1. The largest absolute Gasteiger partial charge is 0.506 e. The second kappa shape index (κ2) is 3.79. The number of nitriles is 1. The first-order valence-corrected chi connectivity index (χ1v) is 3.99. The summed E-state index contributed by atoms with van der Waals surface area (Å²) >= 11 is 0. The van der Waals surface area contributed by atoms with Gasteiger partial charge in [0.1, 0.15) is 11.8 Å². The lowest BCUT2D eigenvalue weighted by atomic mass is 10.0. The number of aliphatic carboxylic acids is 1. The van der Waals surface area contributed by atoms with Crippen LogP contribution in [-0.2, 0) is 11.2 Å². The van der Waals surface area contributed by atoms with Crippen LogP contribution in [0.3, 0.4) is 0 Å². The van der Waals surface area contributed by atoms with E-state index in [1.807, 2.05) is 0 Å². The summed E-state index contributed by atoms with van der Waals surface area (Å²) in [5.74, 6) is -1.27. The molecule has 1 aromatic carbocycles. The standard InChI is InChI=1S/C10H9NO3/c1-6-2-7(4-9(12)13)10(14)8(3-6)5-11/h2-3,14H,4H2,1H3,(H,12,13). The monoisotopic (exact) mass is 191 g/mol. The molecule has 0 fully saturated rings. The summed E-state index contributed by atoms with van der Waals surface area (Å²) in [5.41, 5.74) is 1.14. The Bertz CT molecular complexity index is 418. The van der Waals surface area contributed by atoms with Crippen molar-refractivity contribution in [3.05, 3.63) is 28.8 Å². The van der Waals surface area contributed by atoms with Crippen molar-refractivity contribution in [2.24, 2.45) is 0 Å². The summed E-state index contributed by atoms with van der Waals surface area (Å²) < 4.78 is 0. The van der Waals surface area contributed by atoms with Crippen molar-refractivity contribution in [3.8, 4) is 11.8 Å². The van der Waals surface area contributed by atoms with E-state index < -0.39 is 5.97 Å². The molecule has 1 aromatic rings. The van der Waals surface area contributed by atoms with Gasteiger partial charge in [-0.25, -0.2) is 0 Å². The average molecular weight is 191 g/mol. The molecule has 72 valence electrons. The van der Waals surface area contributed by atoms with Crippen LogP contribution in [0.2, 0.25) is 0 Å². The number of aromatic hydroxyl groups is 1. The normalized spacial score (nSPS) is 9.43. The number of hydrogen-bond acceptors (Lipinski definition) is 3. The highest BCUT2D eigenvalue weighted by Gasteiger charge is 2.10. The Balaban J connectivity index is 3.23. The molecule has 2 N–H and O–H groups in total. The van der Waals surface area contributed by atoms with Crippen LogP contribution in [0.25, 0.3) is 0 Å². The predicted molar refractivity (Wildman–Crippen MR) is 48.9 cm³/mol. The van der Waals surface area contributed by atoms with Crippen LogP contribution in [0.1, 0.15) is 16.7 Å². The summed E-state index contributed by atoms with van der Waals surface area (Å²) in [5, 5.41) is 26.7. The van der Waals surface area contributed by atoms with E-state index in [9.17, 15) is 9.90 Å². The van der Waals surface area contributed by atoms with Crippen molar-refractivity contribution in [2.75, 3.05) is 0 Å². The van der Waals surface area contributed by atoms with E-state index in [4.69, 9.17) is 10.4 Å². The lowest BCUT2D eigenvalue weighted by Gasteiger charge is -2.04. The van der Waals surface area contributed by atoms with E-state index in [1.165, 1.54) is 6.07 Å². The quantitative estimate of drug-likeness (QED) is 0.735. The van der Waals surface area contributed by atoms with Gasteiger partial charge in [0.2, 0.25) is 0 Å².